The molecule has 0 radical (unpaired) electrons. The maximum Gasteiger partial charge on any atom is 0.151 e. The second kappa shape index (κ2) is 3.70. The molecule has 4 nitrogen and oxygen atoms in total. The summed E-state index contributed by atoms with van der Waals surface area (Å²) in [5.41, 5.74) is -0.402. The molecule has 1 atom stereocenters. The number of aliphatic hydroxyl groups is 1. The average Bonchev–Trinajstić information content (AvgIpc) is 2.52. The first kappa shape index (κ1) is 9.92. The van der Waals surface area contributed by atoms with E-state index in [0.29, 0.717) is 12.7 Å². The summed E-state index contributed by atoms with van der Waals surface area (Å²) in [6.45, 7) is 4.27. The summed E-state index contributed by atoms with van der Waals surface area (Å²) in [4.78, 5) is 10.4. The van der Waals surface area contributed by atoms with Gasteiger partial charge in [0.1, 0.15) is 5.60 Å². The normalized spacial score (nSPS) is 15.3. The lowest BCUT2D eigenvalue weighted by atomic mass is 10.0. The fourth-order valence-electron chi connectivity index (χ4n) is 1.13. The summed E-state index contributed by atoms with van der Waals surface area (Å²) in [7, 11) is 0. The van der Waals surface area contributed by atoms with Crippen LogP contribution in [0.2, 0.25) is 0 Å². The first-order valence-corrected chi connectivity index (χ1v) is 4.27. The molecule has 1 heterocycles. The van der Waals surface area contributed by atoms with Gasteiger partial charge in [-0.15, -0.1) is 0 Å². The SMILES string of the molecule is CCn1cc(CC(C)(O)C=O)cn1. The fraction of sp³-hybridized carbons (Fsp3) is 0.556. The Balaban J connectivity index is 2.69. The zero-order valence-corrected chi connectivity index (χ0v) is 7.90. The molecule has 0 bridgehead atoms. The molecule has 0 aliphatic rings. The van der Waals surface area contributed by atoms with Crippen molar-refractivity contribution in [3.8, 4) is 0 Å². The van der Waals surface area contributed by atoms with E-state index in [1.165, 1.54) is 6.92 Å². The standard InChI is InChI=1S/C9H14N2O2/c1-3-11-6-8(5-10-11)4-9(2,13)7-12/h5-7,13H,3-4H2,1-2H3. The molecule has 1 unspecified atom stereocenters. The lowest BCUT2D eigenvalue weighted by molar-refractivity contribution is -0.122. The van der Waals surface area contributed by atoms with Crippen LogP contribution in [0.15, 0.2) is 12.4 Å². The van der Waals surface area contributed by atoms with Crippen molar-refractivity contribution in [2.24, 2.45) is 0 Å². The quantitative estimate of drug-likeness (QED) is 0.685. The minimum absolute atomic E-state index is 0.316. The van der Waals surface area contributed by atoms with Gasteiger partial charge in [0.05, 0.1) is 6.20 Å². The topological polar surface area (TPSA) is 55.1 Å². The number of rotatable bonds is 4. The Morgan fingerprint density at radius 1 is 1.77 bits per heavy atom. The van der Waals surface area contributed by atoms with Gasteiger partial charge in [-0.3, -0.25) is 4.68 Å². The third-order valence-electron chi connectivity index (χ3n) is 1.83. The van der Waals surface area contributed by atoms with Crippen molar-refractivity contribution in [3.05, 3.63) is 18.0 Å². The Labute approximate surface area is 77.2 Å². The van der Waals surface area contributed by atoms with Gasteiger partial charge in [-0.1, -0.05) is 0 Å². The summed E-state index contributed by atoms with van der Waals surface area (Å²) in [5, 5.41) is 13.5. The highest BCUT2D eigenvalue weighted by Crippen LogP contribution is 2.09. The van der Waals surface area contributed by atoms with Crippen LogP contribution in [0.5, 0.6) is 0 Å². The summed E-state index contributed by atoms with van der Waals surface area (Å²) < 4.78 is 1.76. The van der Waals surface area contributed by atoms with Crippen molar-refractivity contribution < 1.29 is 9.90 Å². The van der Waals surface area contributed by atoms with Gasteiger partial charge >= 0.3 is 0 Å². The molecule has 72 valence electrons. The molecule has 0 aliphatic carbocycles. The van der Waals surface area contributed by atoms with Crippen molar-refractivity contribution >= 4 is 6.29 Å². The van der Waals surface area contributed by atoms with Crippen molar-refractivity contribution in [2.75, 3.05) is 0 Å². The Kier molecular flexibility index (Phi) is 2.83. The van der Waals surface area contributed by atoms with Gasteiger partial charge in [-0.25, -0.2) is 0 Å². The molecule has 4 heteroatoms. The van der Waals surface area contributed by atoms with E-state index in [-0.39, 0.29) is 0 Å². The van der Waals surface area contributed by atoms with Gasteiger partial charge in [-0.2, -0.15) is 5.10 Å². The van der Waals surface area contributed by atoms with Crippen LogP contribution >= 0.6 is 0 Å². The molecule has 0 saturated carbocycles. The van der Waals surface area contributed by atoms with E-state index in [2.05, 4.69) is 5.10 Å². The first-order chi connectivity index (χ1) is 6.07. The molecule has 13 heavy (non-hydrogen) atoms. The first-order valence-electron chi connectivity index (χ1n) is 4.27. The zero-order chi connectivity index (χ0) is 9.90. The summed E-state index contributed by atoms with van der Waals surface area (Å²) in [5.74, 6) is 0. The maximum absolute atomic E-state index is 10.4. The van der Waals surface area contributed by atoms with E-state index in [1.54, 1.807) is 10.9 Å². The smallest absolute Gasteiger partial charge is 0.151 e. The van der Waals surface area contributed by atoms with Crippen LogP contribution in [0, 0.1) is 0 Å². The van der Waals surface area contributed by atoms with Crippen molar-refractivity contribution in [1.82, 2.24) is 9.78 Å². The highest BCUT2D eigenvalue weighted by Gasteiger charge is 2.20. The third-order valence-corrected chi connectivity index (χ3v) is 1.83. The third kappa shape index (κ3) is 2.66. The molecule has 0 fully saturated rings. The van der Waals surface area contributed by atoms with Crippen LogP contribution in [0.3, 0.4) is 0 Å². The number of hydrogen-bond donors (Lipinski definition) is 1. The van der Waals surface area contributed by atoms with Gasteiger partial charge in [0.15, 0.2) is 6.29 Å². The van der Waals surface area contributed by atoms with Gasteiger partial charge in [0.2, 0.25) is 0 Å². The molecule has 0 aliphatic heterocycles. The van der Waals surface area contributed by atoms with Gasteiger partial charge in [0.25, 0.3) is 0 Å². The lowest BCUT2D eigenvalue weighted by Gasteiger charge is -2.13. The van der Waals surface area contributed by atoms with Gasteiger partial charge in [-0.05, 0) is 19.4 Å². The van der Waals surface area contributed by atoms with E-state index >= 15 is 0 Å². The van der Waals surface area contributed by atoms with Crippen LogP contribution in [0.1, 0.15) is 19.4 Å². The monoisotopic (exact) mass is 182 g/mol. The molecule has 0 spiro atoms. The van der Waals surface area contributed by atoms with E-state index in [1.807, 2.05) is 13.1 Å². The molecule has 0 aromatic carbocycles. The number of carbonyl (C=O) groups excluding carboxylic acids is 1. The fourth-order valence-corrected chi connectivity index (χ4v) is 1.13. The molecule has 1 N–H and O–H groups in total. The number of aryl methyl sites for hydroxylation is 1. The number of aromatic nitrogens is 2. The van der Waals surface area contributed by atoms with Crippen LogP contribution in [0.4, 0.5) is 0 Å². The average molecular weight is 182 g/mol. The lowest BCUT2D eigenvalue weighted by Crippen LogP contribution is -2.28. The second-order valence-electron chi connectivity index (χ2n) is 3.36. The minimum atomic E-state index is -1.28. The molecule has 1 aromatic rings. The van der Waals surface area contributed by atoms with Crippen LogP contribution < -0.4 is 0 Å². The van der Waals surface area contributed by atoms with Gasteiger partial charge < -0.3 is 9.90 Å². The van der Waals surface area contributed by atoms with E-state index < -0.39 is 5.60 Å². The highest BCUT2D eigenvalue weighted by atomic mass is 16.3. The minimum Gasteiger partial charge on any atom is -0.382 e. The van der Waals surface area contributed by atoms with Crippen molar-refractivity contribution in [3.63, 3.8) is 0 Å². The highest BCUT2D eigenvalue weighted by molar-refractivity contribution is 5.61. The maximum atomic E-state index is 10.4. The second-order valence-corrected chi connectivity index (χ2v) is 3.36. The summed E-state index contributed by atoms with van der Waals surface area (Å²) in [6, 6.07) is 0. The number of carbonyl (C=O) groups is 1. The van der Waals surface area contributed by atoms with E-state index in [9.17, 15) is 9.90 Å². The van der Waals surface area contributed by atoms with Crippen LogP contribution in [-0.2, 0) is 17.8 Å². The summed E-state index contributed by atoms with van der Waals surface area (Å²) in [6.07, 6.45) is 4.37. The Morgan fingerprint density at radius 2 is 2.46 bits per heavy atom. The van der Waals surface area contributed by atoms with Crippen LogP contribution in [-0.4, -0.2) is 26.8 Å². The number of hydrogen-bond acceptors (Lipinski definition) is 3. The molecule has 1 aromatic heterocycles. The van der Waals surface area contributed by atoms with Crippen molar-refractivity contribution in [1.29, 1.82) is 0 Å². The Bertz CT molecular complexity index is 292. The molecule has 0 saturated heterocycles. The predicted molar refractivity (Wildman–Crippen MR) is 48.3 cm³/mol. The van der Waals surface area contributed by atoms with E-state index in [0.717, 1.165) is 12.1 Å². The van der Waals surface area contributed by atoms with Gasteiger partial charge in [0, 0.05) is 19.2 Å². The van der Waals surface area contributed by atoms with Crippen molar-refractivity contribution in [2.45, 2.75) is 32.4 Å². The molecular formula is C9H14N2O2. The molecule has 1 rings (SSSR count). The molecule has 0 amide bonds. The zero-order valence-electron chi connectivity index (χ0n) is 7.90. The molecular weight excluding hydrogens is 168 g/mol. The summed E-state index contributed by atoms with van der Waals surface area (Å²) >= 11 is 0. The largest absolute Gasteiger partial charge is 0.382 e. The number of nitrogens with zero attached hydrogens (tertiary/aromatic N) is 2. The van der Waals surface area contributed by atoms with Crippen LogP contribution in [0.25, 0.3) is 0 Å². The predicted octanol–water partition coefficient (Wildman–Crippen LogP) is 0.395. The Hall–Kier alpha value is -1.16. The number of aldehydes is 1. The Morgan fingerprint density at radius 3 is 2.92 bits per heavy atom. The van der Waals surface area contributed by atoms with E-state index in [4.69, 9.17) is 0 Å².